The van der Waals surface area contributed by atoms with Gasteiger partial charge in [0.1, 0.15) is 11.4 Å². The number of rotatable bonds is 9. The van der Waals surface area contributed by atoms with Gasteiger partial charge in [-0.1, -0.05) is 43.5 Å². The minimum absolute atomic E-state index is 0.0505. The van der Waals surface area contributed by atoms with Gasteiger partial charge in [0, 0.05) is 28.7 Å². The number of nitrogens with zero attached hydrogens (tertiary/aromatic N) is 3. The van der Waals surface area contributed by atoms with E-state index >= 15 is 4.39 Å². The van der Waals surface area contributed by atoms with E-state index in [0.717, 1.165) is 41.8 Å². The van der Waals surface area contributed by atoms with E-state index in [2.05, 4.69) is 50.6 Å². The van der Waals surface area contributed by atoms with Crippen LogP contribution in [0.15, 0.2) is 79.5 Å². The van der Waals surface area contributed by atoms with Gasteiger partial charge in [-0.05, 0) is 43.7 Å². The summed E-state index contributed by atoms with van der Waals surface area (Å²) >= 11 is 0. The molecule has 0 spiro atoms. The fourth-order valence-electron chi connectivity index (χ4n) is 4.36. The summed E-state index contributed by atoms with van der Waals surface area (Å²) in [5.41, 5.74) is 11.4. The van der Waals surface area contributed by atoms with Crippen LogP contribution in [0.5, 0.6) is 0 Å². The number of anilines is 2. The first-order valence-corrected chi connectivity index (χ1v) is 12.1. The van der Waals surface area contributed by atoms with Gasteiger partial charge in [0.15, 0.2) is 11.6 Å². The van der Waals surface area contributed by atoms with Gasteiger partial charge in [-0.25, -0.2) is 9.37 Å². The molecule has 0 saturated heterocycles. The third kappa shape index (κ3) is 4.78. The van der Waals surface area contributed by atoms with E-state index in [9.17, 15) is 0 Å². The quantitative estimate of drug-likeness (QED) is 0.212. The Labute approximate surface area is 215 Å². The van der Waals surface area contributed by atoms with Crippen LogP contribution in [0.4, 0.5) is 15.8 Å². The Bertz CT molecular complexity index is 1520. The molecular weight excluding hydrogens is 465 g/mol. The average molecular weight is 494 g/mol. The first kappa shape index (κ1) is 24.1. The molecule has 0 atom stereocenters. The number of imidazole rings is 1. The Kier molecular flexibility index (Phi) is 6.40. The zero-order valence-electron chi connectivity index (χ0n) is 20.6. The van der Waals surface area contributed by atoms with E-state index in [0.29, 0.717) is 22.9 Å². The van der Waals surface area contributed by atoms with Crippen LogP contribution in [0.25, 0.3) is 16.8 Å². The van der Waals surface area contributed by atoms with Gasteiger partial charge in [0.25, 0.3) is 0 Å². The molecule has 0 bridgehead atoms. The van der Waals surface area contributed by atoms with E-state index in [1.165, 1.54) is 12.4 Å². The minimum atomic E-state index is -0.705. The average Bonchev–Trinajstić information content (AvgIpc) is 3.46. The number of nitrogens with one attached hydrogen (secondary N) is 3. The van der Waals surface area contributed by atoms with Crippen molar-refractivity contribution >= 4 is 22.7 Å². The highest BCUT2D eigenvalue weighted by molar-refractivity contribution is 6.12. The predicted molar refractivity (Wildman–Crippen MR) is 147 cm³/mol. The van der Waals surface area contributed by atoms with E-state index in [1.807, 2.05) is 19.1 Å². The van der Waals surface area contributed by atoms with Crippen molar-refractivity contribution in [1.29, 1.82) is 5.41 Å². The molecule has 2 aliphatic carbocycles. The molecule has 0 aliphatic heterocycles. The molecule has 186 valence electrons. The van der Waals surface area contributed by atoms with Crippen molar-refractivity contribution in [2.24, 2.45) is 5.92 Å². The van der Waals surface area contributed by atoms with Gasteiger partial charge in [-0.3, -0.25) is 15.4 Å². The maximum absolute atomic E-state index is 15.9. The maximum atomic E-state index is 15.9. The second-order valence-corrected chi connectivity index (χ2v) is 9.19. The standard InChI is InChI=1S/C29H28FN7/c1-4-7-22(19-8-5-6-9-19)27-17(3)36-29(37-27)26(32)24-23(31)15-34-28(25(24)30)20-12-21(14-33-13-20)35-16(2)18-10-11-18/h4-5,7-9,12-15,18,32,35H,1-2,6,10-11,31H2,3H3,(H,36,37)/b22-7-,32-26?. The van der Waals surface area contributed by atoms with Crippen LogP contribution in [0, 0.1) is 24.1 Å². The monoisotopic (exact) mass is 493 g/mol. The van der Waals surface area contributed by atoms with E-state index in [4.69, 9.17) is 11.1 Å². The molecule has 2 aliphatic rings. The number of hydrogen-bond donors (Lipinski definition) is 4. The second-order valence-electron chi connectivity index (χ2n) is 9.19. The topological polar surface area (TPSA) is 116 Å². The fraction of sp³-hybridized carbons (Fsp3) is 0.172. The lowest BCUT2D eigenvalue weighted by Crippen LogP contribution is -2.12. The van der Waals surface area contributed by atoms with E-state index in [1.54, 1.807) is 18.3 Å². The number of allylic oxidation sites excluding steroid dienone is 8. The maximum Gasteiger partial charge on any atom is 0.161 e. The van der Waals surface area contributed by atoms with Gasteiger partial charge >= 0.3 is 0 Å². The second kappa shape index (κ2) is 9.81. The predicted octanol–water partition coefficient (Wildman–Crippen LogP) is 6.10. The zero-order chi connectivity index (χ0) is 26.1. The first-order valence-electron chi connectivity index (χ1n) is 12.1. The normalized spacial score (nSPS) is 15.0. The number of aryl methyl sites for hydroxylation is 1. The highest BCUT2D eigenvalue weighted by Crippen LogP contribution is 2.36. The number of nitrogen functional groups attached to an aromatic ring is 1. The Morgan fingerprint density at radius 3 is 2.81 bits per heavy atom. The highest BCUT2D eigenvalue weighted by Gasteiger charge is 2.26. The van der Waals surface area contributed by atoms with Crippen LogP contribution in [-0.4, -0.2) is 25.6 Å². The molecule has 8 heteroatoms. The van der Waals surface area contributed by atoms with Gasteiger partial charge in [0.05, 0.1) is 35.0 Å². The van der Waals surface area contributed by atoms with E-state index < -0.39 is 5.82 Å². The van der Waals surface area contributed by atoms with Gasteiger partial charge in [0.2, 0.25) is 0 Å². The van der Waals surface area contributed by atoms with Gasteiger partial charge < -0.3 is 16.0 Å². The number of aromatic nitrogens is 4. The van der Waals surface area contributed by atoms with Crippen molar-refractivity contribution in [2.45, 2.75) is 26.2 Å². The Morgan fingerprint density at radius 1 is 1.30 bits per heavy atom. The summed E-state index contributed by atoms with van der Waals surface area (Å²) in [5, 5.41) is 12.1. The molecule has 3 aromatic heterocycles. The van der Waals surface area contributed by atoms with Gasteiger partial charge in [-0.2, -0.15) is 0 Å². The van der Waals surface area contributed by atoms with E-state index in [-0.39, 0.29) is 28.5 Å². The lowest BCUT2D eigenvalue weighted by molar-refractivity contribution is 0.623. The molecule has 0 radical (unpaired) electrons. The largest absolute Gasteiger partial charge is 0.397 e. The van der Waals surface area contributed by atoms with Crippen molar-refractivity contribution in [3.05, 3.63) is 108 Å². The molecule has 3 heterocycles. The molecule has 3 aromatic rings. The number of halogens is 1. The highest BCUT2D eigenvalue weighted by atomic mass is 19.1. The van der Waals surface area contributed by atoms with Gasteiger partial charge in [-0.15, -0.1) is 0 Å². The smallest absolute Gasteiger partial charge is 0.161 e. The molecule has 5 N–H and O–H groups in total. The van der Waals surface area contributed by atoms with Crippen LogP contribution in [0.1, 0.15) is 42.0 Å². The summed E-state index contributed by atoms with van der Waals surface area (Å²) in [7, 11) is 0. The van der Waals surface area contributed by atoms with Crippen LogP contribution in [0.3, 0.4) is 0 Å². The lowest BCUT2D eigenvalue weighted by Gasteiger charge is -2.12. The van der Waals surface area contributed by atoms with Crippen molar-refractivity contribution in [2.75, 3.05) is 11.1 Å². The zero-order valence-corrected chi connectivity index (χ0v) is 20.6. The first-order chi connectivity index (χ1) is 17.9. The van der Waals surface area contributed by atoms with Crippen LogP contribution < -0.4 is 11.1 Å². The third-order valence-corrected chi connectivity index (χ3v) is 6.43. The van der Waals surface area contributed by atoms with Crippen LogP contribution in [0.2, 0.25) is 0 Å². The summed E-state index contributed by atoms with van der Waals surface area (Å²) in [5.74, 6) is -0.0301. The molecule has 1 fully saturated rings. The molecule has 7 nitrogen and oxygen atoms in total. The number of nitrogens with two attached hydrogens (primary N) is 1. The SMILES string of the molecule is C=C/C=C(/C1=CCC=C1)c1nc(C(=N)c2c(N)cnc(-c3cncc(NC(=C)C4CC4)c3)c2F)[nH]c1C. The number of aromatic amines is 1. The van der Waals surface area contributed by atoms with Crippen molar-refractivity contribution in [3.8, 4) is 11.3 Å². The third-order valence-electron chi connectivity index (χ3n) is 6.43. The number of hydrogen-bond acceptors (Lipinski definition) is 6. The number of pyridine rings is 2. The van der Waals surface area contributed by atoms with Crippen molar-refractivity contribution in [1.82, 2.24) is 19.9 Å². The Hall–Kier alpha value is -4.59. The summed E-state index contributed by atoms with van der Waals surface area (Å²) in [4.78, 5) is 16.3. The molecule has 0 aromatic carbocycles. The summed E-state index contributed by atoms with van der Waals surface area (Å²) in [6, 6.07) is 1.76. The molecular formula is C29H28FN7. The molecule has 0 unspecified atom stereocenters. The minimum Gasteiger partial charge on any atom is -0.397 e. The molecule has 0 amide bonds. The fourth-order valence-corrected chi connectivity index (χ4v) is 4.36. The summed E-state index contributed by atoms with van der Waals surface area (Å²) in [6.45, 7) is 9.76. The summed E-state index contributed by atoms with van der Waals surface area (Å²) < 4.78 is 15.9. The Balaban J connectivity index is 1.50. The Morgan fingerprint density at radius 2 is 2.11 bits per heavy atom. The lowest BCUT2D eigenvalue weighted by atomic mass is 10.0. The number of H-pyrrole nitrogens is 1. The van der Waals surface area contributed by atoms with Crippen LogP contribution >= 0.6 is 0 Å². The summed E-state index contributed by atoms with van der Waals surface area (Å²) in [6.07, 6.45) is 17.4. The van der Waals surface area contributed by atoms with Crippen LogP contribution in [-0.2, 0) is 0 Å². The molecule has 37 heavy (non-hydrogen) atoms. The molecule has 5 rings (SSSR count). The molecule has 1 saturated carbocycles. The van der Waals surface area contributed by atoms with Crippen molar-refractivity contribution in [3.63, 3.8) is 0 Å². The van der Waals surface area contributed by atoms with Crippen molar-refractivity contribution < 1.29 is 4.39 Å².